The van der Waals surface area contributed by atoms with Crippen LogP contribution in [0.15, 0.2) is 0 Å². The Morgan fingerprint density at radius 1 is 1.24 bits per heavy atom. The highest BCUT2D eigenvalue weighted by Crippen LogP contribution is 2.29. The van der Waals surface area contributed by atoms with Gasteiger partial charge in [-0.2, -0.15) is 17.7 Å². The molecule has 0 aliphatic rings. The normalized spacial score (nSPS) is 13.7. The number of hydrogen-bond donors (Lipinski definition) is 1. The maximum Gasteiger partial charge on any atom is 0.453 e. The van der Waals surface area contributed by atoms with Gasteiger partial charge in [0.15, 0.2) is 5.65 Å². The standard InChI is InChI=1S/C12H16F3N5O/c1-6(21-4)5-16-9-7(2)8(3)10-17-18-11(12(13,14)15)20(10)19-9/h6H,5H2,1-4H3,(H,16,19). The number of hydrogen-bond acceptors (Lipinski definition) is 5. The predicted molar refractivity (Wildman–Crippen MR) is 70.2 cm³/mol. The third-order valence-electron chi connectivity index (χ3n) is 3.31. The molecule has 0 spiro atoms. The Morgan fingerprint density at radius 2 is 1.90 bits per heavy atom. The highest BCUT2D eigenvalue weighted by Gasteiger charge is 2.38. The first-order valence-electron chi connectivity index (χ1n) is 6.32. The Bertz CT molecular complexity index is 652. The number of rotatable bonds is 4. The van der Waals surface area contributed by atoms with E-state index in [0.29, 0.717) is 17.9 Å². The third kappa shape index (κ3) is 2.92. The van der Waals surface area contributed by atoms with Crippen LogP contribution in [0.2, 0.25) is 0 Å². The molecule has 0 aliphatic heterocycles. The molecule has 0 fully saturated rings. The predicted octanol–water partition coefficient (Wildman–Crippen LogP) is 2.21. The number of halogens is 3. The summed E-state index contributed by atoms with van der Waals surface area (Å²) in [6.07, 6.45) is -4.70. The van der Waals surface area contributed by atoms with E-state index in [2.05, 4.69) is 20.6 Å². The van der Waals surface area contributed by atoms with Crippen molar-refractivity contribution >= 4 is 11.5 Å². The lowest BCUT2D eigenvalue weighted by Gasteiger charge is -2.15. The zero-order valence-corrected chi connectivity index (χ0v) is 12.1. The van der Waals surface area contributed by atoms with E-state index in [1.165, 1.54) is 0 Å². The molecule has 116 valence electrons. The van der Waals surface area contributed by atoms with Gasteiger partial charge >= 0.3 is 6.18 Å². The smallest absolute Gasteiger partial charge is 0.380 e. The Kier molecular flexibility index (Phi) is 4.04. The number of aryl methyl sites for hydroxylation is 1. The average Bonchev–Trinajstić information content (AvgIpc) is 2.84. The van der Waals surface area contributed by atoms with Crippen molar-refractivity contribution in [2.24, 2.45) is 0 Å². The van der Waals surface area contributed by atoms with E-state index in [4.69, 9.17) is 4.74 Å². The van der Waals surface area contributed by atoms with Gasteiger partial charge in [-0.1, -0.05) is 0 Å². The topological polar surface area (TPSA) is 64.3 Å². The van der Waals surface area contributed by atoms with E-state index in [0.717, 1.165) is 10.1 Å². The van der Waals surface area contributed by atoms with Crippen molar-refractivity contribution in [3.05, 3.63) is 17.0 Å². The van der Waals surface area contributed by atoms with E-state index in [9.17, 15) is 13.2 Å². The van der Waals surface area contributed by atoms with Crippen molar-refractivity contribution in [3.63, 3.8) is 0 Å². The van der Waals surface area contributed by atoms with Gasteiger partial charge in [-0.15, -0.1) is 15.3 Å². The zero-order valence-electron chi connectivity index (χ0n) is 12.1. The molecule has 0 amide bonds. The van der Waals surface area contributed by atoms with Gasteiger partial charge in [-0.25, -0.2) is 0 Å². The quantitative estimate of drug-likeness (QED) is 0.938. The number of anilines is 1. The molecule has 2 aromatic rings. The molecule has 1 N–H and O–H groups in total. The number of ether oxygens (including phenoxy) is 1. The molecule has 2 aromatic heterocycles. The summed E-state index contributed by atoms with van der Waals surface area (Å²) in [4.78, 5) is 0. The lowest BCUT2D eigenvalue weighted by atomic mass is 10.2. The van der Waals surface area contributed by atoms with Crippen LogP contribution in [0, 0.1) is 13.8 Å². The highest BCUT2D eigenvalue weighted by molar-refractivity contribution is 5.58. The van der Waals surface area contributed by atoms with E-state index in [1.54, 1.807) is 21.0 Å². The molecule has 9 heteroatoms. The van der Waals surface area contributed by atoms with Crippen molar-refractivity contribution in [3.8, 4) is 0 Å². The van der Waals surface area contributed by atoms with Crippen molar-refractivity contribution < 1.29 is 17.9 Å². The van der Waals surface area contributed by atoms with Crippen LogP contribution in [0.3, 0.4) is 0 Å². The molecule has 2 rings (SSSR count). The molecule has 6 nitrogen and oxygen atoms in total. The third-order valence-corrected chi connectivity index (χ3v) is 3.31. The minimum Gasteiger partial charge on any atom is -0.380 e. The van der Waals surface area contributed by atoms with Crippen LogP contribution < -0.4 is 5.32 Å². The second-order valence-corrected chi connectivity index (χ2v) is 4.78. The minimum absolute atomic E-state index is 0.0924. The van der Waals surface area contributed by atoms with Gasteiger partial charge < -0.3 is 10.1 Å². The van der Waals surface area contributed by atoms with Gasteiger partial charge in [0, 0.05) is 19.2 Å². The summed E-state index contributed by atoms with van der Waals surface area (Å²) in [7, 11) is 1.56. The van der Waals surface area contributed by atoms with Crippen molar-refractivity contribution in [2.75, 3.05) is 19.0 Å². The molecule has 2 heterocycles. The second-order valence-electron chi connectivity index (χ2n) is 4.78. The Hall–Kier alpha value is -1.90. The first kappa shape index (κ1) is 15.5. The van der Waals surface area contributed by atoms with Gasteiger partial charge in [0.1, 0.15) is 5.82 Å². The number of aromatic nitrogens is 4. The minimum atomic E-state index is -4.61. The fraction of sp³-hybridized carbons (Fsp3) is 0.583. The maximum atomic E-state index is 12.9. The Morgan fingerprint density at radius 3 is 2.48 bits per heavy atom. The Labute approximate surface area is 119 Å². The molecule has 1 unspecified atom stereocenters. The molecule has 0 saturated carbocycles. The fourth-order valence-corrected chi connectivity index (χ4v) is 1.80. The van der Waals surface area contributed by atoms with E-state index >= 15 is 0 Å². The molecule has 0 aromatic carbocycles. The van der Waals surface area contributed by atoms with Gasteiger partial charge in [0.25, 0.3) is 5.82 Å². The lowest BCUT2D eigenvalue weighted by molar-refractivity contribution is -0.146. The first-order chi connectivity index (χ1) is 9.75. The summed E-state index contributed by atoms with van der Waals surface area (Å²) < 4.78 is 44.5. The molecule has 0 aliphatic carbocycles. The van der Waals surface area contributed by atoms with Crippen LogP contribution >= 0.6 is 0 Å². The number of nitrogens with zero attached hydrogens (tertiary/aromatic N) is 4. The average molecular weight is 303 g/mol. The van der Waals surface area contributed by atoms with E-state index < -0.39 is 12.0 Å². The summed E-state index contributed by atoms with van der Waals surface area (Å²) in [5, 5.41) is 13.7. The molecular formula is C12H16F3N5O. The van der Waals surface area contributed by atoms with Crippen molar-refractivity contribution in [2.45, 2.75) is 33.1 Å². The van der Waals surface area contributed by atoms with Gasteiger partial charge in [0.05, 0.1) is 6.10 Å². The summed E-state index contributed by atoms with van der Waals surface area (Å²) >= 11 is 0. The Balaban J connectivity index is 2.49. The molecule has 21 heavy (non-hydrogen) atoms. The number of methoxy groups -OCH3 is 1. The fourth-order valence-electron chi connectivity index (χ4n) is 1.80. The van der Waals surface area contributed by atoms with Crippen LogP contribution in [0.5, 0.6) is 0 Å². The van der Waals surface area contributed by atoms with Gasteiger partial charge in [0.2, 0.25) is 0 Å². The van der Waals surface area contributed by atoms with Crippen molar-refractivity contribution in [1.29, 1.82) is 0 Å². The molecule has 0 radical (unpaired) electrons. The van der Waals surface area contributed by atoms with Crippen LogP contribution in [-0.4, -0.2) is 39.6 Å². The monoisotopic (exact) mass is 303 g/mol. The lowest BCUT2D eigenvalue weighted by Crippen LogP contribution is -2.21. The molecule has 0 bridgehead atoms. The molecular weight excluding hydrogens is 287 g/mol. The van der Waals surface area contributed by atoms with E-state index in [-0.39, 0.29) is 11.8 Å². The highest BCUT2D eigenvalue weighted by atomic mass is 19.4. The molecule has 0 saturated heterocycles. The number of fused-ring (bicyclic) bond motifs is 1. The van der Waals surface area contributed by atoms with E-state index in [1.807, 2.05) is 6.92 Å². The first-order valence-corrected chi connectivity index (χ1v) is 6.32. The van der Waals surface area contributed by atoms with Crippen LogP contribution in [0.25, 0.3) is 5.65 Å². The summed E-state index contributed by atoms with van der Waals surface area (Å²) in [5.41, 5.74) is 1.43. The number of alkyl halides is 3. The summed E-state index contributed by atoms with van der Waals surface area (Å²) in [6, 6.07) is 0. The summed E-state index contributed by atoms with van der Waals surface area (Å²) in [5.74, 6) is -0.780. The van der Waals surface area contributed by atoms with Crippen molar-refractivity contribution in [1.82, 2.24) is 19.8 Å². The number of nitrogens with one attached hydrogen (secondary N) is 1. The maximum absolute atomic E-state index is 12.9. The van der Waals surface area contributed by atoms with Crippen LogP contribution in [0.1, 0.15) is 23.9 Å². The second kappa shape index (κ2) is 5.47. The molecule has 1 atom stereocenters. The van der Waals surface area contributed by atoms with Gasteiger partial charge in [-0.05, 0) is 26.3 Å². The largest absolute Gasteiger partial charge is 0.453 e. The summed E-state index contributed by atoms with van der Waals surface area (Å²) in [6.45, 7) is 5.72. The van der Waals surface area contributed by atoms with Crippen LogP contribution in [0.4, 0.5) is 19.0 Å². The van der Waals surface area contributed by atoms with Gasteiger partial charge in [-0.3, -0.25) is 0 Å². The SMILES string of the molecule is COC(C)CNc1nn2c(C(F)(F)F)nnc2c(C)c1C. The van der Waals surface area contributed by atoms with Crippen LogP contribution in [-0.2, 0) is 10.9 Å². The zero-order chi connectivity index (χ0) is 15.8.